The fraction of sp³-hybridized carbons (Fsp3) is 0.462. The van der Waals surface area contributed by atoms with Crippen LogP contribution < -0.4 is 18.9 Å². The fourth-order valence-electron chi connectivity index (χ4n) is 4.53. The first-order chi connectivity index (χ1) is 18.0. The zero-order valence-corrected chi connectivity index (χ0v) is 22.9. The summed E-state index contributed by atoms with van der Waals surface area (Å²) in [7, 11) is -0.294. The number of hydrogen-bond donors (Lipinski definition) is 1. The lowest BCUT2D eigenvalue weighted by molar-refractivity contribution is 0.0111. The van der Waals surface area contributed by atoms with Crippen LogP contribution in [0.25, 0.3) is 0 Å². The first kappa shape index (κ1) is 27.5. The molecule has 0 spiro atoms. The van der Waals surface area contributed by atoms with Gasteiger partial charge in [0.1, 0.15) is 12.4 Å². The van der Waals surface area contributed by atoms with Crippen LogP contribution >= 0.6 is 0 Å². The highest BCUT2D eigenvalue weighted by molar-refractivity contribution is 7.92. The third kappa shape index (κ3) is 6.13. The lowest BCUT2D eigenvalue weighted by atomic mass is 10.0. The number of carbonyl (C=O) groups excluding carboxylic acids is 2. The number of benzene rings is 2. The molecule has 2 aliphatic rings. The summed E-state index contributed by atoms with van der Waals surface area (Å²) in [6.45, 7) is 4.63. The van der Waals surface area contributed by atoms with Crippen LogP contribution in [0.1, 0.15) is 34.6 Å². The molecule has 2 heterocycles. The molecule has 0 bridgehead atoms. The quantitative estimate of drug-likeness (QED) is 0.619. The van der Waals surface area contributed by atoms with Gasteiger partial charge in [-0.15, -0.1) is 0 Å². The van der Waals surface area contributed by atoms with Gasteiger partial charge < -0.3 is 28.7 Å². The fourth-order valence-corrected chi connectivity index (χ4v) is 5.08. The van der Waals surface area contributed by atoms with E-state index in [-0.39, 0.29) is 60.8 Å². The third-order valence-corrected chi connectivity index (χ3v) is 7.24. The summed E-state index contributed by atoms with van der Waals surface area (Å²) in [6, 6.07) is 9.18. The van der Waals surface area contributed by atoms with E-state index >= 15 is 0 Å². The molecule has 0 radical (unpaired) electrons. The molecule has 4 rings (SSSR count). The van der Waals surface area contributed by atoms with Gasteiger partial charge in [0.05, 0.1) is 29.7 Å². The van der Waals surface area contributed by atoms with Crippen molar-refractivity contribution in [3.8, 4) is 17.2 Å². The van der Waals surface area contributed by atoms with Crippen molar-refractivity contribution in [2.45, 2.75) is 26.0 Å². The minimum Gasteiger partial charge on any atom is -0.491 e. The molecule has 0 unspecified atom stereocenters. The van der Waals surface area contributed by atoms with E-state index in [0.29, 0.717) is 23.6 Å². The molecule has 0 saturated heterocycles. The zero-order valence-electron chi connectivity index (χ0n) is 22.1. The van der Waals surface area contributed by atoms with Crippen molar-refractivity contribution in [2.24, 2.45) is 5.92 Å². The zero-order chi connectivity index (χ0) is 27.6. The Morgan fingerprint density at radius 3 is 2.47 bits per heavy atom. The topological polar surface area (TPSA) is 124 Å². The molecule has 2 aromatic rings. The highest BCUT2D eigenvalue weighted by Crippen LogP contribution is 2.33. The number of anilines is 1. The van der Waals surface area contributed by atoms with E-state index < -0.39 is 16.1 Å². The second-order valence-electron chi connectivity index (χ2n) is 9.71. The lowest BCUT2D eigenvalue weighted by Crippen LogP contribution is -2.48. The number of likely N-dealkylation sites (N-methyl/N-ethyl adjacent to an activating group) is 1. The Balaban J connectivity index is 1.69. The van der Waals surface area contributed by atoms with Gasteiger partial charge in [0, 0.05) is 44.8 Å². The average Bonchev–Trinajstić information content (AvgIpc) is 3.34. The van der Waals surface area contributed by atoms with Crippen molar-refractivity contribution < 1.29 is 37.0 Å². The summed E-state index contributed by atoms with van der Waals surface area (Å²) in [5, 5.41) is 0. The minimum absolute atomic E-state index is 0.0625. The first-order valence-corrected chi connectivity index (χ1v) is 14.1. The minimum atomic E-state index is -3.54. The molecule has 1 N–H and O–H groups in total. The van der Waals surface area contributed by atoms with Gasteiger partial charge in [0.25, 0.3) is 11.8 Å². The molecule has 0 aliphatic carbocycles. The summed E-state index contributed by atoms with van der Waals surface area (Å²) in [6.07, 6.45) is 0.693. The Kier molecular flexibility index (Phi) is 8.02. The van der Waals surface area contributed by atoms with Crippen molar-refractivity contribution in [1.82, 2.24) is 9.80 Å². The van der Waals surface area contributed by atoms with E-state index in [9.17, 15) is 18.0 Å². The average molecular weight is 548 g/mol. The van der Waals surface area contributed by atoms with E-state index in [2.05, 4.69) is 4.72 Å². The predicted molar refractivity (Wildman–Crippen MR) is 140 cm³/mol. The van der Waals surface area contributed by atoms with Crippen LogP contribution in [0.5, 0.6) is 17.2 Å². The number of amides is 2. The summed E-state index contributed by atoms with van der Waals surface area (Å²) >= 11 is 0. The van der Waals surface area contributed by atoms with Gasteiger partial charge >= 0.3 is 0 Å². The van der Waals surface area contributed by atoms with Crippen LogP contribution in [0.4, 0.5) is 5.69 Å². The highest BCUT2D eigenvalue weighted by Gasteiger charge is 2.31. The number of nitrogens with zero attached hydrogens (tertiary/aromatic N) is 2. The number of hydrogen-bond acceptors (Lipinski definition) is 8. The second kappa shape index (κ2) is 11.1. The Labute approximate surface area is 222 Å². The molecule has 0 aromatic heterocycles. The van der Waals surface area contributed by atoms with Gasteiger partial charge in [-0.2, -0.15) is 0 Å². The normalized spacial score (nSPS) is 22.1. The van der Waals surface area contributed by atoms with Gasteiger partial charge in [0.2, 0.25) is 16.8 Å². The smallest absolute Gasteiger partial charge is 0.257 e. The van der Waals surface area contributed by atoms with Gasteiger partial charge in [0.15, 0.2) is 11.5 Å². The van der Waals surface area contributed by atoms with Gasteiger partial charge in [-0.3, -0.25) is 14.3 Å². The molecule has 11 nitrogen and oxygen atoms in total. The number of rotatable bonds is 4. The summed E-state index contributed by atoms with van der Waals surface area (Å²) < 4.78 is 48.6. The van der Waals surface area contributed by atoms with Crippen molar-refractivity contribution in [3.05, 3.63) is 47.5 Å². The molecule has 2 aromatic carbocycles. The summed E-state index contributed by atoms with van der Waals surface area (Å²) in [4.78, 5) is 30.3. The van der Waals surface area contributed by atoms with Gasteiger partial charge in [-0.05, 0) is 37.3 Å². The Morgan fingerprint density at radius 1 is 1.03 bits per heavy atom. The van der Waals surface area contributed by atoms with Gasteiger partial charge in [-0.1, -0.05) is 6.92 Å². The van der Waals surface area contributed by atoms with Crippen LogP contribution in [-0.4, -0.2) is 89.1 Å². The largest absolute Gasteiger partial charge is 0.491 e. The van der Waals surface area contributed by atoms with Crippen molar-refractivity contribution in [1.29, 1.82) is 0 Å². The van der Waals surface area contributed by atoms with Crippen LogP contribution in [0.3, 0.4) is 0 Å². The molecular formula is C26H33N3O8S. The van der Waals surface area contributed by atoms with Crippen LogP contribution in [0.2, 0.25) is 0 Å². The Hall–Kier alpha value is -3.51. The molecule has 206 valence electrons. The number of carbonyl (C=O) groups is 2. The maximum atomic E-state index is 13.7. The highest BCUT2D eigenvalue weighted by atomic mass is 32.2. The summed E-state index contributed by atoms with van der Waals surface area (Å²) in [5.41, 5.74) is 0.982. The van der Waals surface area contributed by atoms with E-state index in [1.807, 2.05) is 13.8 Å². The first-order valence-electron chi connectivity index (χ1n) is 12.2. The molecule has 2 amide bonds. The molecular weight excluding hydrogens is 514 g/mol. The molecule has 3 atom stereocenters. The standard InChI is InChI=1S/C26H33N3O8S/c1-16-12-29(25(30)18-6-9-21-23(10-18)37-15-36-21)17(2)14-35-22-11-19(27-38(5,32)33)7-8-20(22)26(31)28(3)13-24(16)34-4/h6-11,16-17,24,27H,12-15H2,1-5H3/t16-,17-,24-/m1/s1. The number of methoxy groups -OCH3 is 1. The van der Waals surface area contributed by atoms with Crippen molar-refractivity contribution >= 4 is 27.5 Å². The number of sulfonamides is 1. The van der Waals surface area contributed by atoms with Crippen LogP contribution in [0.15, 0.2) is 36.4 Å². The number of fused-ring (bicyclic) bond motifs is 2. The second-order valence-corrected chi connectivity index (χ2v) is 11.5. The molecule has 2 aliphatic heterocycles. The van der Waals surface area contributed by atoms with E-state index in [0.717, 1.165) is 6.26 Å². The lowest BCUT2D eigenvalue weighted by Gasteiger charge is -2.36. The molecule has 38 heavy (non-hydrogen) atoms. The maximum Gasteiger partial charge on any atom is 0.257 e. The predicted octanol–water partition coefficient (Wildman–Crippen LogP) is 2.43. The molecule has 12 heteroatoms. The maximum absolute atomic E-state index is 13.7. The van der Waals surface area contributed by atoms with E-state index in [1.54, 1.807) is 37.3 Å². The van der Waals surface area contributed by atoms with E-state index in [1.165, 1.54) is 23.1 Å². The monoisotopic (exact) mass is 547 g/mol. The Morgan fingerprint density at radius 2 is 1.76 bits per heavy atom. The van der Waals surface area contributed by atoms with Crippen molar-refractivity contribution in [3.63, 3.8) is 0 Å². The number of nitrogens with one attached hydrogen (secondary N) is 1. The molecule has 0 saturated carbocycles. The SMILES string of the molecule is CO[C@@H]1CN(C)C(=O)c2ccc(NS(C)(=O)=O)cc2OC[C@@H](C)N(C(=O)c2ccc3c(c2)OCO3)C[C@H]1C. The van der Waals surface area contributed by atoms with E-state index in [4.69, 9.17) is 18.9 Å². The Bertz CT molecular complexity index is 1320. The third-order valence-electron chi connectivity index (χ3n) is 6.63. The van der Waals surface area contributed by atoms with Crippen molar-refractivity contribution in [2.75, 3.05) is 51.6 Å². The summed E-state index contributed by atoms with van der Waals surface area (Å²) in [5.74, 6) is 0.687. The van der Waals surface area contributed by atoms with Crippen LogP contribution in [0, 0.1) is 5.92 Å². The number of ether oxygens (including phenoxy) is 4. The van der Waals surface area contributed by atoms with Gasteiger partial charge in [-0.25, -0.2) is 8.42 Å². The van der Waals surface area contributed by atoms with Crippen LogP contribution in [-0.2, 0) is 14.8 Å². The molecule has 0 fully saturated rings.